The Bertz CT molecular complexity index is 1110. The zero-order valence-corrected chi connectivity index (χ0v) is 15.7. The van der Waals surface area contributed by atoms with Gasteiger partial charge in [-0.1, -0.05) is 54.6 Å². The van der Waals surface area contributed by atoms with Crippen molar-refractivity contribution in [1.29, 1.82) is 0 Å². The average Bonchev–Trinajstić information content (AvgIpc) is 3.39. The third-order valence-electron chi connectivity index (χ3n) is 5.23. The molecule has 0 saturated carbocycles. The molecule has 5 rings (SSSR count). The Morgan fingerprint density at radius 2 is 1.34 bits per heavy atom. The number of rotatable bonds is 4. The first-order chi connectivity index (χ1) is 14.2. The van der Waals surface area contributed by atoms with E-state index in [1.54, 1.807) is 24.3 Å². The number of aliphatic imine (C=N–C) groups is 1. The Balaban J connectivity index is 1.40. The van der Waals surface area contributed by atoms with Gasteiger partial charge in [0, 0.05) is 5.56 Å². The number of hydrogen-bond acceptors (Lipinski definition) is 4. The maximum absolute atomic E-state index is 12.6. The van der Waals surface area contributed by atoms with Crippen LogP contribution in [0.4, 0.5) is 0 Å². The molecule has 0 aromatic heterocycles. The molecule has 0 bridgehead atoms. The van der Waals surface area contributed by atoms with E-state index in [4.69, 9.17) is 4.74 Å². The van der Waals surface area contributed by atoms with Crippen LogP contribution in [0.1, 0.15) is 31.8 Å². The molecule has 3 aromatic carbocycles. The van der Waals surface area contributed by atoms with Crippen molar-refractivity contribution in [3.05, 3.63) is 95.1 Å². The lowest BCUT2D eigenvalue weighted by Gasteiger charge is -2.15. The summed E-state index contributed by atoms with van der Waals surface area (Å²) in [4.78, 5) is 30.9. The van der Waals surface area contributed by atoms with Gasteiger partial charge in [-0.05, 0) is 34.9 Å². The van der Waals surface area contributed by atoms with Gasteiger partial charge >= 0.3 is 0 Å². The Kier molecular flexibility index (Phi) is 4.21. The molecule has 2 aliphatic heterocycles. The summed E-state index contributed by atoms with van der Waals surface area (Å²) in [5.41, 5.74) is 4.89. The van der Waals surface area contributed by atoms with Crippen LogP contribution in [0.5, 0.6) is 0 Å². The molecule has 0 saturated heterocycles. The molecule has 0 aliphatic carbocycles. The van der Waals surface area contributed by atoms with Crippen LogP contribution in [0.3, 0.4) is 0 Å². The van der Waals surface area contributed by atoms with Gasteiger partial charge in [-0.15, -0.1) is 0 Å². The molecule has 29 heavy (non-hydrogen) atoms. The van der Waals surface area contributed by atoms with E-state index in [0.29, 0.717) is 30.2 Å². The van der Waals surface area contributed by atoms with Gasteiger partial charge in [0.25, 0.3) is 11.8 Å². The lowest BCUT2D eigenvalue weighted by molar-refractivity contribution is 0.0642. The van der Waals surface area contributed by atoms with Crippen molar-refractivity contribution in [2.75, 3.05) is 13.2 Å². The molecule has 142 valence electrons. The molecule has 2 aliphatic rings. The number of carbonyl (C=O) groups is 2. The summed E-state index contributed by atoms with van der Waals surface area (Å²) in [6, 6.07) is 22.9. The van der Waals surface area contributed by atoms with Gasteiger partial charge in [-0.2, -0.15) is 0 Å². The maximum atomic E-state index is 12.6. The first-order valence-electron chi connectivity index (χ1n) is 9.53. The van der Waals surface area contributed by atoms with Crippen molar-refractivity contribution in [2.24, 2.45) is 4.99 Å². The number of ether oxygens (including phenoxy) is 1. The fraction of sp³-hybridized carbons (Fsp3) is 0.125. The van der Waals surface area contributed by atoms with Crippen molar-refractivity contribution in [1.82, 2.24) is 4.90 Å². The van der Waals surface area contributed by atoms with Gasteiger partial charge in [0.15, 0.2) is 0 Å². The first kappa shape index (κ1) is 17.4. The predicted octanol–water partition coefficient (Wildman–Crippen LogP) is 3.93. The lowest BCUT2D eigenvalue weighted by atomic mass is 9.98. The number of carbonyl (C=O) groups excluding carboxylic acids is 2. The Morgan fingerprint density at radius 3 is 1.93 bits per heavy atom. The van der Waals surface area contributed by atoms with Crippen molar-refractivity contribution in [3.8, 4) is 11.1 Å². The minimum absolute atomic E-state index is 0.239. The van der Waals surface area contributed by atoms with E-state index < -0.39 is 0 Å². The van der Waals surface area contributed by atoms with Crippen molar-refractivity contribution >= 4 is 17.7 Å². The van der Waals surface area contributed by atoms with Crippen molar-refractivity contribution in [2.45, 2.75) is 6.54 Å². The molecule has 0 spiro atoms. The molecule has 0 radical (unpaired) electrons. The summed E-state index contributed by atoms with van der Waals surface area (Å²) >= 11 is 0. The van der Waals surface area contributed by atoms with Crippen LogP contribution in [0.25, 0.3) is 11.1 Å². The molecule has 2 amide bonds. The van der Waals surface area contributed by atoms with Crippen LogP contribution in [0, 0.1) is 0 Å². The van der Waals surface area contributed by atoms with Gasteiger partial charge in [0.1, 0.15) is 6.61 Å². The zero-order valence-electron chi connectivity index (χ0n) is 15.7. The third-order valence-corrected chi connectivity index (χ3v) is 5.23. The molecule has 5 heteroatoms. The fourth-order valence-electron chi connectivity index (χ4n) is 3.77. The number of hydrogen-bond donors (Lipinski definition) is 0. The van der Waals surface area contributed by atoms with Gasteiger partial charge in [0.05, 0.1) is 24.2 Å². The summed E-state index contributed by atoms with van der Waals surface area (Å²) in [6.45, 7) is 1.55. The Morgan fingerprint density at radius 1 is 0.759 bits per heavy atom. The smallest absolute Gasteiger partial charge is 0.261 e. The van der Waals surface area contributed by atoms with E-state index in [9.17, 15) is 9.59 Å². The highest BCUT2D eigenvalue weighted by molar-refractivity contribution is 6.21. The standard InChI is InChI=1S/C24H18N2O3/c27-23-20-7-3-4-8-21(20)24(28)26(23)15-16-9-11-17(12-10-16)18-5-1-2-6-19(18)22-25-13-14-29-22/h1-12H,13-15H2. The summed E-state index contributed by atoms with van der Waals surface area (Å²) in [7, 11) is 0. The summed E-state index contributed by atoms with van der Waals surface area (Å²) in [5.74, 6) is 0.198. The topological polar surface area (TPSA) is 59.0 Å². The fourth-order valence-corrected chi connectivity index (χ4v) is 3.77. The summed E-state index contributed by atoms with van der Waals surface area (Å²) in [5, 5.41) is 0. The molecule has 2 heterocycles. The van der Waals surface area contributed by atoms with Crippen LogP contribution in [-0.2, 0) is 11.3 Å². The second-order valence-corrected chi connectivity index (χ2v) is 7.02. The van der Waals surface area contributed by atoms with Crippen LogP contribution in [0.2, 0.25) is 0 Å². The predicted molar refractivity (Wildman–Crippen MR) is 110 cm³/mol. The zero-order chi connectivity index (χ0) is 19.8. The van der Waals surface area contributed by atoms with E-state index in [1.807, 2.05) is 48.5 Å². The van der Waals surface area contributed by atoms with Gasteiger partial charge < -0.3 is 4.74 Å². The molecule has 0 atom stereocenters. The normalized spacial score (nSPS) is 15.3. The molecule has 0 unspecified atom stereocenters. The van der Waals surface area contributed by atoms with Crippen molar-refractivity contribution in [3.63, 3.8) is 0 Å². The highest BCUT2D eigenvalue weighted by Crippen LogP contribution is 2.28. The second kappa shape index (κ2) is 7.02. The number of nitrogens with zero attached hydrogens (tertiary/aromatic N) is 2. The van der Waals surface area contributed by atoms with E-state index in [0.717, 1.165) is 22.3 Å². The average molecular weight is 382 g/mol. The minimum atomic E-state index is -0.239. The Labute approximate surface area is 168 Å². The number of imide groups is 1. The van der Waals surface area contributed by atoms with E-state index in [2.05, 4.69) is 4.99 Å². The highest BCUT2D eigenvalue weighted by Gasteiger charge is 2.34. The lowest BCUT2D eigenvalue weighted by Crippen LogP contribution is -2.29. The van der Waals surface area contributed by atoms with Gasteiger partial charge in [0.2, 0.25) is 5.90 Å². The summed E-state index contributed by atoms with van der Waals surface area (Å²) < 4.78 is 5.64. The minimum Gasteiger partial charge on any atom is -0.475 e. The molecule has 0 N–H and O–H groups in total. The van der Waals surface area contributed by atoms with E-state index in [-0.39, 0.29) is 18.4 Å². The molecule has 3 aromatic rings. The maximum Gasteiger partial charge on any atom is 0.261 e. The Hall–Kier alpha value is -3.73. The van der Waals surface area contributed by atoms with E-state index >= 15 is 0 Å². The monoisotopic (exact) mass is 382 g/mol. The van der Waals surface area contributed by atoms with Gasteiger partial charge in [-0.25, -0.2) is 4.99 Å². The SMILES string of the molecule is O=C1c2ccccc2C(=O)N1Cc1ccc(-c2ccccc2C2=NCCO2)cc1. The van der Waals surface area contributed by atoms with Crippen molar-refractivity contribution < 1.29 is 14.3 Å². The molecule has 5 nitrogen and oxygen atoms in total. The first-order valence-corrected chi connectivity index (χ1v) is 9.53. The number of fused-ring (bicyclic) bond motifs is 1. The van der Waals surface area contributed by atoms with E-state index in [1.165, 1.54) is 4.90 Å². The third kappa shape index (κ3) is 3.01. The summed E-state index contributed by atoms with van der Waals surface area (Å²) in [6.07, 6.45) is 0. The van der Waals surface area contributed by atoms with Crippen LogP contribution in [-0.4, -0.2) is 35.8 Å². The molecule has 0 fully saturated rings. The molecular formula is C24H18N2O3. The highest BCUT2D eigenvalue weighted by atomic mass is 16.5. The largest absolute Gasteiger partial charge is 0.475 e. The van der Waals surface area contributed by atoms with Crippen LogP contribution in [0.15, 0.2) is 77.8 Å². The quantitative estimate of drug-likeness (QED) is 0.643. The van der Waals surface area contributed by atoms with Crippen LogP contribution < -0.4 is 0 Å². The van der Waals surface area contributed by atoms with Gasteiger partial charge in [-0.3, -0.25) is 14.5 Å². The number of amides is 2. The molecular weight excluding hydrogens is 364 g/mol. The second-order valence-electron chi connectivity index (χ2n) is 7.02. The number of benzene rings is 3. The van der Waals surface area contributed by atoms with Crippen LogP contribution >= 0.6 is 0 Å².